The van der Waals surface area contributed by atoms with Gasteiger partial charge in [0.05, 0.1) is 18.3 Å². The molecule has 2 aromatic heterocycles. The Labute approximate surface area is 185 Å². The Hall–Kier alpha value is -3.78. The second-order valence-electron chi connectivity index (χ2n) is 6.80. The standard InChI is InChI=1S/C23H21N5O2S/c1-3-30-22(29)18-14-24-28(20-13-15(2)17-11-7-8-12-19(17)26-20)21(18)27-23(31)25-16-9-5-4-6-10-16/h4-14H,3H2,1-2H3,(H2,25,27,31). The summed E-state index contributed by atoms with van der Waals surface area (Å²) in [5, 5.41) is 12.0. The van der Waals surface area contributed by atoms with Crippen LogP contribution >= 0.6 is 12.2 Å². The third kappa shape index (κ3) is 4.39. The van der Waals surface area contributed by atoms with Crippen molar-refractivity contribution in [1.82, 2.24) is 14.8 Å². The summed E-state index contributed by atoms with van der Waals surface area (Å²) in [5.74, 6) is 0.460. The maximum absolute atomic E-state index is 12.5. The number of para-hydroxylation sites is 2. The fourth-order valence-corrected chi connectivity index (χ4v) is 3.45. The number of nitrogens with one attached hydrogen (secondary N) is 2. The Balaban J connectivity index is 1.74. The number of esters is 1. The lowest BCUT2D eigenvalue weighted by atomic mass is 10.1. The molecule has 8 heteroatoms. The van der Waals surface area contributed by atoms with Crippen LogP contribution in [0.25, 0.3) is 16.7 Å². The summed E-state index contributed by atoms with van der Waals surface area (Å²) in [5.41, 5.74) is 2.97. The Morgan fingerprint density at radius 3 is 2.61 bits per heavy atom. The maximum atomic E-state index is 12.5. The molecule has 4 aromatic rings. The number of pyridine rings is 1. The number of carbonyl (C=O) groups excluding carboxylic acids is 1. The molecule has 2 heterocycles. The fourth-order valence-electron chi connectivity index (χ4n) is 3.23. The highest BCUT2D eigenvalue weighted by Crippen LogP contribution is 2.24. The number of aromatic nitrogens is 3. The van der Waals surface area contributed by atoms with Crippen LogP contribution < -0.4 is 10.6 Å². The van der Waals surface area contributed by atoms with Crippen molar-refractivity contribution >= 4 is 45.7 Å². The number of fused-ring (bicyclic) bond motifs is 1. The first-order valence-electron chi connectivity index (χ1n) is 9.81. The first-order chi connectivity index (χ1) is 15.1. The van der Waals surface area contributed by atoms with Crippen molar-refractivity contribution in [2.45, 2.75) is 13.8 Å². The summed E-state index contributed by atoms with van der Waals surface area (Å²) >= 11 is 5.47. The van der Waals surface area contributed by atoms with Gasteiger partial charge in [0.15, 0.2) is 16.7 Å². The van der Waals surface area contributed by atoms with Gasteiger partial charge in [-0.15, -0.1) is 0 Å². The molecule has 0 fully saturated rings. The second-order valence-corrected chi connectivity index (χ2v) is 7.21. The molecule has 0 aliphatic heterocycles. The maximum Gasteiger partial charge on any atom is 0.343 e. The van der Waals surface area contributed by atoms with Crippen molar-refractivity contribution < 1.29 is 9.53 Å². The molecule has 0 amide bonds. The van der Waals surface area contributed by atoms with Gasteiger partial charge in [-0.3, -0.25) is 0 Å². The molecule has 0 aliphatic rings. The average Bonchev–Trinajstić information content (AvgIpc) is 3.18. The second kappa shape index (κ2) is 8.93. The lowest BCUT2D eigenvalue weighted by Gasteiger charge is -2.14. The van der Waals surface area contributed by atoms with E-state index < -0.39 is 5.97 Å². The number of hydrogen-bond acceptors (Lipinski definition) is 5. The summed E-state index contributed by atoms with van der Waals surface area (Å²) in [7, 11) is 0. The highest BCUT2D eigenvalue weighted by Gasteiger charge is 2.21. The Kier molecular flexibility index (Phi) is 5.90. The van der Waals surface area contributed by atoms with Crippen molar-refractivity contribution in [1.29, 1.82) is 0 Å². The molecule has 0 radical (unpaired) electrons. The third-order valence-electron chi connectivity index (χ3n) is 4.65. The fraction of sp³-hybridized carbons (Fsp3) is 0.130. The molecule has 0 atom stereocenters. The number of anilines is 2. The molecule has 156 valence electrons. The topological polar surface area (TPSA) is 81.1 Å². The third-order valence-corrected chi connectivity index (χ3v) is 4.86. The van der Waals surface area contributed by atoms with Gasteiger partial charge in [0.1, 0.15) is 5.56 Å². The van der Waals surface area contributed by atoms with Gasteiger partial charge in [-0.25, -0.2) is 9.78 Å². The number of rotatable bonds is 5. The van der Waals surface area contributed by atoms with Crippen LogP contribution in [0.4, 0.5) is 11.5 Å². The number of nitrogens with zero attached hydrogens (tertiary/aromatic N) is 3. The average molecular weight is 432 g/mol. The van der Waals surface area contributed by atoms with E-state index in [0.29, 0.717) is 16.7 Å². The van der Waals surface area contributed by atoms with Crippen LogP contribution in [-0.2, 0) is 4.74 Å². The van der Waals surface area contributed by atoms with Crippen LogP contribution in [0.2, 0.25) is 0 Å². The van der Waals surface area contributed by atoms with E-state index in [0.717, 1.165) is 22.2 Å². The Bertz CT molecular complexity index is 1250. The molecule has 31 heavy (non-hydrogen) atoms. The lowest BCUT2D eigenvalue weighted by molar-refractivity contribution is 0.0527. The van der Waals surface area contributed by atoms with Gasteiger partial charge in [0.2, 0.25) is 0 Å². The van der Waals surface area contributed by atoms with E-state index in [-0.39, 0.29) is 12.2 Å². The zero-order chi connectivity index (χ0) is 21.8. The van der Waals surface area contributed by atoms with Crippen molar-refractivity contribution in [2.75, 3.05) is 17.2 Å². The molecule has 0 aliphatic carbocycles. The first kappa shape index (κ1) is 20.5. The van der Waals surface area contributed by atoms with Gasteiger partial charge in [-0.2, -0.15) is 9.78 Å². The van der Waals surface area contributed by atoms with Gasteiger partial charge in [-0.05, 0) is 55.9 Å². The molecule has 0 bridgehead atoms. The first-order valence-corrected chi connectivity index (χ1v) is 10.2. The van der Waals surface area contributed by atoms with Crippen LogP contribution in [0.1, 0.15) is 22.8 Å². The predicted molar refractivity (Wildman–Crippen MR) is 126 cm³/mol. The highest BCUT2D eigenvalue weighted by atomic mass is 32.1. The Morgan fingerprint density at radius 1 is 1.10 bits per heavy atom. The molecular weight excluding hydrogens is 410 g/mol. The van der Waals surface area contributed by atoms with E-state index in [1.165, 1.54) is 6.20 Å². The van der Waals surface area contributed by atoms with Gasteiger partial charge in [0, 0.05) is 11.1 Å². The van der Waals surface area contributed by atoms with Crippen LogP contribution in [0.15, 0.2) is 66.9 Å². The van der Waals surface area contributed by atoms with Crippen LogP contribution in [0.3, 0.4) is 0 Å². The molecule has 2 aromatic carbocycles. The molecular formula is C23H21N5O2S. The number of hydrogen-bond donors (Lipinski definition) is 2. The van der Waals surface area contributed by atoms with Crippen molar-refractivity contribution in [3.63, 3.8) is 0 Å². The Morgan fingerprint density at radius 2 is 1.84 bits per heavy atom. The van der Waals surface area contributed by atoms with Crippen LogP contribution in [0.5, 0.6) is 0 Å². The number of thiocarbonyl (C=S) groups is 1. The summed E-state index contributed by atoms with van der Waals surface area (Å²) in [6.45, 7) is 4.02. The van der Waals surface area contributed by atoms with Gasteiger partial charge >= 0.3 is 5.97 Å². The van der Waals surface area contributed by atoms with E-state index in [9.17, 15) is 4.79 Å². The minimum atomic E-state index is -0.490. The molecule has 0 spiro atoms. The van der Waals surface area contributed by atoms with E-state index in [1.54, 1.807) is 11.6 Å². The minimum Gasteiger partial charge on any atom is -0.462 e. The zero-order valence-corrected chi connectivity index (χ0v) is 17.9. The van der Waals surface area contributed by atoms with E-state index in [4.69, 9.17) is 21.9 Å². The molecule has 2 N–H and O–H groups in total. The number of benzene rings is 2. The molecule has 7 nitrogen and oxygen atoms in total. The van der Waals surface area contributed by atoms with Gasteiger partial charge < -0.3 is 15.4 Å². The van der Waals surface area contributed by atoms with E-state index in [2.05, 4.69) is 15.7 Å². The highest BCUT2D eigenvalue weighted by molar-refractivity contribution is 7.80. The predicted octanol–water partition coefficient (Wildman–Crippen LogP) is 4.71. The van der Waals surface area contributed by atoms with Crippen LogP contribution in [-0.4, -0.2) is 32.5 Å². The number of carbonyl (C=O) groups is 1. The summed E-state index contributed by atoms with van der Waals surface area (Å²) in [6.07, 6.45) is 1.46. The quantitative estimate of drug-likeness (QED) is 0.350. The van der Waals surface area contributed by atoms with Crippen molar-refractivity contribution in [3.05, 3.63) is 78.0 Å². The van der Waals surface area contributed by atoms with Gasteiger partial charge in [-0.1, -0.05) is 36.4 Å². The van der Waals surface area contributed by atoms with E-state index in [1.807, 2.05) is 67.6 Å². The lowest BCUT2D eigenvalue weighted by Crippen LogP contribution is -2.23. The monoisotopic (exact) mass is 431 g/mol. The van der Waals surface area contributed by atoms with E-state index >= 15 is 0 Å². The molecule has 0 saturated carbocycles. The molecule has 4 rings (SSSR count). The minimum absolute atomic E-state index is 0.253. The van der Waals surface area contributed by atoms with Crippen molar-refractivity contribution in [3.8, 4) is 5.82 Å². The number of ether oxygens (including phenoxy) is 1. The normalized spacial score (nSPS) is 10.6. The summed E-state index contributed by atoms with van der Waals surface area (Å²) < 4.78 is 6.76. The number of aryl methyl sites for hydroxylation is 1. The molecule has 0 unspecified atom stereocenters. The summed E-state index contributed by atoms with van der Waals surface area (Å²) in [4.78, 5) is 17.3. The van der Waals surface area contributed by atoms with Crippen molar-refractivity contribution in [2.24, 2.45) is 0 Å². The largest absolute Gasteiger partial charge is 0.462 e. The smallest absolute Gasteiger partial charge is 0.343 e. The SMILES string of the molecule is CCOC(=O)c1cnn(-c2cc(C)c3ccccc3n2)c1NC(=S)Nc1ccccc1. The molecule has 0 saturated heterocycles. The zero-order valence-electron chi connectivity index (χ0n) is 17.1. The van der Waals surface area contributed by atoms with Crippen LogP contribution in [0, 0.1) is 6.92 Å². The van der Waals surface area contributed by atoms with Gasteiger partial charge in [0.25, 0.3) is 0 Å². The summed E-state index contributed by atoms with van der Waals surface area (Å²) in [6, 6.07) is 19.3.